The van der Waals surface area contributed by atoms with Crippen molar-refractivity contribution in [3.63, 3.8) is 0 Å². The van der Waals surface area contributed by atoms with Crippen LogP contribution in [0.3, 0.4) is 0 Å². The molecule has 0 amide bonds. The van der Waals surface area contributed by atoms with Gasteiger partial charge in [0.1, 0.15) is 9.52 Å². The van der Waals surface area contributed by atoms with Crippen molar-refractivity contribution in [1.29, 1.82) is 0 Å². The van der Waals surface area contributed by atoms with Crippen LogP contribution in [0.2, 0.25) is 0 Å². The maximum absolute atomic E-state index is 8.14. The number of hydrogen-bond acceptors (Lipinski definition) is 0. The van der Waals surface area contributed by atoms with Gasteiger partial charge in [-0.25, -0.2) is 0 Å². The van der Waals surface area contributed by atoms with Gasteiger partial charge in [0.15, 0.2) is 0 Å². The maximum Gasteiger partial charge on any atom is 0.118 e. The normalized spacial score (nSPS) is 21.0. The van der Waals surface area contributed by atoms with E-state index in [9.17, 15) is 0 Å². The summed E-state index contributed by atoms with van der Waals surface area (Å²) in [5, 5.41) is 0. The van der Waals surface area contributed by atoms with Gasteiger partial charge in [-0.1, -0.05) is 124 Å². The summed E-state index contributed by atoms with van der Waals surface area (Å²) < 4.78 is -1.33. The second kappa shape index (κ2) is 12.3. The van der Waals surface area contributed by atoms with Crippen molar-refractivity contribution in [3.05, 3.63) is 130 Å². The molecule has 0 fully saturated rings. The number of alkyl halides is 2. The molecule has 0 bridgehead atoms. The first kappa shape index (κ1) is 30.2. The fraction of sp³-hybridized carbons (Fsp3) is 0.300. The lowest BCUT2D eigenvalue weighted by Gasteiger charge is -2.36. The minimum absolute atomic E-state index is 0.258. The maximum atomic E-state index is 8.14. The summed E-state index contributed by atoms with van der Waals surface area (Å²) in [5.41, 5.74) is 15.4. The third-order valence-electron chi connectivity index (χ3n) is 9.43. The molecule has 3 heteroatoms. The van der Waals surface area contributed by atoms with Crippen LogP contribution in [0.5, 0.6) is 0 Å². The minimum Gasteiger partial charge on any atom is -0.114 e. The number of hydrogen-bond donors (Lipinski definition) is 0. The molecule has 2 radical (unpaired) electrons. The number of rotatable bonds is 10. The van der Waals surface area contributed by atoms with Crippen LogP contribution < -0.4 is 0 Å². The zero-order chi connectivity index (χ0) is 30.2. The molecule has 0 aliphatic heterocycles. The van der Waals surface area contributed by atoms with Crippen molar-refractivity contribution in [3.8, 4) is 22.3 Å². The van der Waals surface area contributed by atoms with Gasteiger partial charge in [-0.3, -0.25) is 0 Å². The molecule has 2 aliphatic carbocycles. The highest BCUT2D eigenvalue weighted by Gasteiger charge is 2.53. The number of fused-ring (bicyclic) bond motifs is 2. The van der Waals surface area contributed by atoms with Gasteiger partial charge in [-0.2, -0.15) is 0 Å². The molecule has 6 rings (SSSR count). The standard InChI is InChI=1S/C40H40Cl2Si/c1-5-7-23-33-27(3)37-31(29-17-11-9-12-18-29)21-15-25-35(37)39(33,41)43-40(42)34(24-8-6-2)28(4)38-32(22-16-26-36(38)40)30-19-13-10-14-20-30/h9-22,25-26H,5-8,23-24H2,1-4H3. The van der Waals surface area contributed by atoms with Gasteiger partial charge in [0.05, 0.1) is 8.99 Å². The van der Waals surface area contributed by atoms with E-state index in [1.807, 2.05) is 0 Å². The lowest BCUT2D eigenvalue weighted by atomic mass is 9.94. The predicted octanol–water partition coefficient (Wildman–Crippen LogP) is 12.2. The zero-order valence-corrected chi connectivity index (χ0v) is 28.2. The second-order valence-corrected chi connectivity index (χ2v) is 15.6. The van der Waals surface area contributed by atoms with Crippen molar-refractivity contribution in [2.24, 2.45) is 0 Å². The van der Waals surface area contributed by atoms with Gasteiger partial charge in [-0.05, 0) is 106 Å². The Morgan fingerprint density at radius 3 is 1.30 bits per heavy atom. The summed E-state index contributed by atoms with van der Waals surface area (Å²) in [6.07, 6.45) is 6.45. The molecule has 0 N–H and O–H groups in total. The first-order valence-electron chi connectivity index (χ1n) is 15.8. The van der Waals surface area contributed by atoms with E-state index >= 15 is 0 Å². The van der Waals surface area contributed by atoms with E-state index in [4.69, 9.17) is 23.2 Å². The summed E-state index contributed by atoms with van der Waals surface area (Å²) in [4.78, 5) is 0. The summed E-state index contributed by atoms with van der Waals surface area (Å²) in [7, 11) is 0.258. The van der Waals surface area contributed by atoms with E-state index in [-0.39, 0.29) is 9.52 Å². The van der Waals surface area contributed by atoms with Crippen LogP contribution in [-0.2, 0) is 8.99 Å². The molecule has 0 heterocycles. The molecule has 218 valence electrons. The third kappa shape index (κ3) is 5.08. The molecule has 0 aromatic heterocycles. The van der Waals surface area contributed by atoms with E-state index in [0.717, 1.165) is 38.5 Å². The van der Waals surface area contributed by atoms with Gasteiger partial charge >= 0.3 is 0 Å². The average Bonchev–Trinajstić information content (AvgIpc) is 3.38. The SMILES string of the molecule is CCCCC1=C(C)c2c(-c3ccccc3)cccc2C1(Cl)[Si]C1(Cl)C(CCCC)=C(C)c2c(-c3ccccc3)cccc21. The van der Waals surface area contributed by atoms with Gasteiger partial charge in [-0.15, -0.1) is 23.2 Å². The quantitative estimate of drug-likeness (QED) is 0.122. The first-order valence-corrected chi connectivity index (χ1v) is 17.6. The first-order chi connectivity index (χ1) is 20.8. The van der Waals surface area contributed by atoms with Crippen LogP contribution in [0.15, 0.2) is 108 Å². The van der Waals surface area contributed by atoms with Crippen molar-refractivity contribution in [2.75, 3.05) is 0 Å². The third-order valence-corrected chi connectivity index (χ3v) is 12.7. The predicted molar refractivity (Wildman–Crippen MR) is 189 cm³/mol. The van der Waals surface area contributed by atoms with Crippen LogP contribution in [0.25, 0.3) is 33.4 Å². The smallest absolute Gasteiger partial charge is 0.114 e. The second-order valence-electron chi connectivity index (χ2n) is 12.0. The monoisotopic (exact) mass is 618 g/mol. The number of unbranched alkanes of at least 4 members (excludes halogenated alkanes) is 2. The Hall–Kier alpha value is -2.84. The Morgan fingerprint density at radius 2 is 0.930 bits per heavy atom. The Labute approximate surface area is 270 Å². The topological polar surface area (TPSA) is 0 Å². The number of halogens is 2. The van der Waals surface area contributed by atoms with Crippen LogP contribution in [0.1, 0.15) is 88.5 Å². The fourth-order valence-corrected chi connectivity index (χ4v) is 11.2. The highest BCUT2D eigenvalue weighted by Crippen LogP contribution is 2.60. The van der Waals surface area contributed by atoms with Crippen molar-refractivity contribution >= 4 is 43.9 Å². The van der Waals surface area contributed by atoms with E-state index in [0.29, 0.717) is 0 Å². The lowest BCUT2D eigenvalue weighted by molar-refractivity contribution is 0.734. The van der Waals surface area contributed by atoms with Crippen LogP contribution >= 0.6 is 23.2 Å². The molecule has 0 saturated heterocycles. The number of benzene rings is 4. The summed E-state index contributed by atoms with van der Waals surface area (Å²) in [5.74, 6) is 0. The molecule has 0 spiro atoms. The molecule has 43 heavy (non-hydrogen) atoms. The van der Waals surface area contributed by atoms with Gasteiger partial charge in [0.25, 0.3) is 0 Å². The Balaban J connectivity index is 1.55. The average molecular weight is 620 g/mol. The van der Waals surface area contributed by atoms with Crippen molar-refractivity contribution < 1.29 is 0 Å². The Kier molecular flexibility index (Phi) is 8.62. The highest BCUT2D eigenvalue weighted by molar-refractivity contribution is 6.70. The molecule has 4 aromatic rings. The number of allylic oxidation sites excluding steroid dienone is 4. The van der Waals surface area contributed by atoms with Crippen LogP contribution in [-0.4, -0.2) is 9.52 Å². The summed E-state index contributed by atoms with van der Waals surface area (Å²) in [6.45, 7) is 9.12. The molecule has 0 saturated carbocycles. The van der Waals surface area contributed by atoms with E-state index < -0.39 is 8.99 Å². The molecule has 0 nitrogen and oxygen atoms in total. The minimum atomic E-state index is -0.663. The summed E-state index contributed by atoms with van der Waals surface area (Å²) in [6, 6.07) is 34.9. The van der Waals surface area contributed by atoms with E-state index in [1.165, 1.54) is 66.8 Å². The summed E-state index contributed by atoms with van der Waals surface area (Å²) >= 11 is 16.3. The van der Waals surface area contributed by atoms with E-state index in [1.54, 1.807) is 0 Å². The molecule has 2 unspecified atom stereocenters. The Morgan fingerprint density at radius 1 is 0.535 bits per heavy atom. The molecular weight excluding hydrogens is 579 g/mol. The van der Waals surface area contributed by atoms with Crippen molar-refractivity contribution in [2.45, 2.75) is 75.2 Å². The zero-order valence-electron chi connectivity index (χ0n) is 25.7. The van der Waals surface area contributed by atoms with Gasteiger partial charge < -0.3 is 0 Å². The molecule has 2 atom stereocenters. The Bertz CT molecular complexity index is 1570. The molecular formula is C40H40Cl2Si. The fourth-order valence-electron chi connectivity index (χ4n) is 7.30. The van der Waals surface area contributed by atoms with Crippen LogP contribution in [0.4, 0.5) is 0 Å². The molecule has 4 aromatic carbocycles. The van der Waals surface area contributed by atoms with Crippen molar-refractivity contribution in [1.82, 2.24) is 0 Å². The molecule has 2 aliphatic rings. The van der Waals surface area contributed by atoms with E-state index in [2.05, 4.69) is 125 Å². The van der Waals surface area contributed by atoms with Gasteiger partial charge in [0, 0.05) is 0 Å². The largest absolute Gasteiger partial charge is 0.118 e. The lowest BCUT2D eigenvalue weighted by Crippen LogP contribution is -2.41. The van der Waals surface area contributed by atoms with Gasteiger partial charge in [0.2, 0.25) is 0 Å². The van der Waals surface area contributed by atoms with Crippen LogP contribution in [0, 0.1) is 0 Å². The highest BCUT2D eigenvalue weighted by atomic mass is 35.5.